The molecule has 23 heavy (non-hydrogen) atoms. The van der Waals surface area contributed by atoms with Gasteiger partial charge in [0.1, 0.15) is 6.54 Å². The lowest BCUT2D eigenvalue weighted by Crippen LogP contribution is -2.43. The molecule has 1 aliphatic carbocycles. The topological polar surface area (TPSA) is 82.0 Å². The molecular weight excluding hydrogens is 310 g/mol. The Morgan fingerprint density at radius 1 is 1.30 bits per heavy atom. The van der Waals surface area contributed by atoms with Crippen molar-refractivity contribution >= 4 is 23.2 Å². The van der Waals surface area contributed by atoms with Gasteiger partial charge >= 0.3 is 0 Å². The molecule has 1 atom stereocenters. The van der Waals surface area contributed by atoms with E-state index in [2.05, 4.69) is 10.6 Å². The lowest BCUT2D eigenvalue weighted by Gasteiger charge is -2.29. The Morgan fingerprint density at radius 3 is 2.65 bits per heavy atom. The highest BCUT2D eigenvalue weighted by molar-refractivity contribution is 7.13. The fourth-order valence-electron chi connectivity index (χ4n) is 3.11. The SMILES string of the molecule is Cc1ccc(C(=O)NCC(C(=O)NCC#N)C2CCCCC2)s1. The molecule has 2 N–H and O–H groups in total. The fourth-order valence-corrected chi connectivity index (χ4v) is 3.90. The summed E-state index contributed by atoms with van der Waals surface area (Å²) in [4.78, 5) is 26.3. The number of nitrogens with one attached hydrogen (secondary N) is 2. The molecule has 0 aromatic carbocycles. The maximum Gasteiger partial charge on any atom is 0.261 e. The Morgan fingerprint density at radius 2 is 2.04 bits per heavy atom. The number of aryl methyl sites for hydroxylation is 1. The van der Waals surface area contributed by atoms with Crippen molar-refractivity contribution in [1.82, 2.24) is 10.6 Å². The molecule has 1 aliphatic rings. The number of carbonyl (C=O) groups excluding carboxylic acids is 2. The van der Waals surface area contributed by atoms with Crippen molar-refractivity contribution < 1.29 is 9.59 Å². The van der Waals surface area contributed by atoms with Crippen LogP contribution in [0.3, 0.4) is 0 Å². The van der Waals surface area contributed by atoms with E-state index in [0.29, 0.717) is 11.4 Å². The van der Waals surface area contributed by atoms with Crippen molar-refractivity contribution in [3.8, 4) is 6.07 Å². The monoisotopic (exact) mass is 333 g/mol. The zero-order valence-electron chi connectivity index (χ0n) is 13.4. The van der Waals surface area contributed by atoms with E-state index in [4.69, 9.17) is 5.26 Å². The zero-order chi connectivity index (χ0) is 16.7. The summed E-state index contributed by atoms with van der Waals surface area (Å²) in [6, 6.07) is 5.65. The van der Waals surface area contributed by atoms with Gasteiger partial charge in [-0.2, -0.15) is 5.26 Å². The zero-order valence-corrected chi connectivity index (χ0v) is 14.2. The summed E-state index contributed by atoms with van der Waals surface area (Å²) in [5, 5.41) is 14.2. The molecule has 1 unspecified atom stereocenters. The average Bonchev–Trinajstić information content (AvgIpc) is 3.00. The first-order valence-electron chi connectivity index (χ1n) is 8.11. The van der Waals surface area contributed by atoms with Crippen LogP contribution in [0.4, 0.5) is 0 Å². The van der Waals surface area contributed by atoms with Crippen molar-refractivity contribution in [2.45, 2.75) is 39.0 Å². The van der Waals surface area contributed by atoms with E-state index in [1.165, 1.54) is 17.8 Å². The number of hydrogen-bond donors (Lipinski definition) is 2. The van der Waals surface area contributed by atoms with Crippen LogP contribution in [0.2, 0.25) is 0 Å². The predicted molar refractivity (Wildman–Crippen MR) is 90.1 cm³/mol. The third-order valence-electron chi connectivity index (χ3n) is 4.34. The van der Waals surface area contributed by atoms with E-state index in [1.54, 1.807) is 6.07 Å². The third-order valence-corrected chi connectivity index (χ3v) is 5.34. The van der Waals surface area contributed by atoms with Gasteiger partial charge in [-0.05, 0) is 37.8 Å². The number of hydrogen-bond acceptors (Lipinski definition) is 4. The smallest absolute Gasteiger partial charge is 0.261 e. The van der Waals surface area contributed by atoms with E-state index >= 15 is 0 Å². The highest BCUT2D eigenvalue weighted by Gasteiger charge is 2.29. The molecule has 1 fully saturated rings. The first-order valence-corrected chi connectivity index (χ1v) is 8.92. The molecule has 6 heteroatoms. The van der Waals surface area contributed by atoms with Gasteiger partial charge in [0.25, 0.3) is 5.91 Å². The molecule has 1 heterocycles. The van der Waals surface area contributed by atoms with Gasteiger partial charge in [-0.3, -0.25) is 9.59 Å². The van der Waals surface area contributed by atoms with Crippen LogP contribution in [0, 0.1) is 30.1 Å². The lowest BCUT2D eigenvalue weighted by atomic mass is 9.79. The van der Waals surface area contributed by atoms with Gasteiger partial charge in [-0.1, -0.05) is 19.3 Å². The molecule has 0 aliphatic heterocycles. The third kappa shape index (κ3) is 5.07. The van der Waals surface area contributed by atoms with E-state index in [-0.39, 0.29) is 30.2 Å². The predicted octanol–water partition coefficient (Wildman–Crippen LogP) is 2.62. The van der Waals surface area contributed by atoms with Crippen LogP contribution >= 0.6 is 11.3 Å². The van der Waals surface area contributed by atoms with Crippen LogP contribution in [-0.2, 0) is 4.79 Å². The maximum absolute atomic E-state index is 12.3. The van der Waals surface area contributed by atoms with Gasteiger partial charge in [-0.25, -0.2) is 0 Å². The minimum absolute atomic E-state index is 0.0140. The van der Waals surface area contributed by atoms with Crippen LogP contribution in [-0.4, -0.2) is 24.9 Å². The summed E-state index contributed by atoms with van der Waals surface area (Å²) >= 11 is 1.45. The number of thiophene rings is 1. The molecule has 1 saturated carbocycles. The van der Waals surface area contributed by atoms with E-state index in [9.17, 15) is 9.59 Å². The van der Waals surface area contributed by atoms with Gasteiger partial charge in [0.2, 0.25) is 5.91 Å². The molecule has 2 amide bonds. The molecular formula is C17H23N3O2S. The highest BCUT2D eigenvalue weighted by Crippen LogP contribution is 2.30. The van der Waals surface area contributed by atoms with Crippen molar-refractivity contribution in [1.29, 1.82) is 5.26 Å². The number of nitriles is 1. The Hall–Kier alpha value is -1.87. The van der Waals surface area contributed by atoms with Crippen LogP contribution < -0.4 is 10.6 Å². The Labute approximate surface area is 141 Å². The molecule has 0 bridgehead atoms. The molecule has 0 radical (unpaired) electrons. The van der Waals surface area contributed by atoms with Crippen LogP contribution in [0.15, 0.2) is 12.1 Å². The number of rotatable bonds is 6. The van der Waals surface area contributed by atoms with E-state index in [1.807, 2.05) is 19.1 Å². The number of nitrogens with zero attached hydrogens (tertiary/aromatic N) is 1. The summed E-state index contributed by atoms with van der Waals surface area (Å²) in [6.45, 7) is 2.31. The normalized spacial score (nSPS) is 16.3. The fraction of sp³-hybridized carbons (Fsp3) is 0.588. The molecule has 2 rings (SSSR count). The molecule has 0 saturated heterocycles. The van der Waals surface area contributed by atoms with E-state index in [0.717, 1.165) is 30.6 Å². The quantitative estimate of drug-likeness (QED) is 0.785. The van der Waals surface area contributed by atoms with Crippen LogP contribution in [0.1, 0.15) is 46.7 Å². The molecule has 124 valence electrons. The van der Waals surface area contributed by atoms with Gasteiger partial charge in [-0.15, -0.1) is 11.3 Å². The second kappa shape index (κ2) is 8.68. The Balaban J connectivity index is 1.97. The molecule has 5 nitrogen and oxygen atoms in total. The number of amides is 2. The summed E-state index contributed by atoms with van der Waals surface area (Å²) in [5.74, 6) is -0.223. The largest absolute Gasteiger partial charge is 0.351 e. The van der Waals surface area contributed by atoms with Gasteiger partial charge in [0, 0.05) is 11.4 Å². The Kier molecular flexibility index (Phi) is 6.60. The molecule has 1 aromatic rings. The van der Waals surface area contributed by atoms with Crippen LogP contribution in [0.5, 0.6) is 0 Å². The Bertz CT molecular complexity index is 585. The number of carbonyl (C=O) groups is 2. The van der Waals surface area contributed by atoms with Crippen molar-refractivity contribution in [2.24, 2.45) is 11.8 Å². The van der Waals surface area contributed by atoms with Crippen molar-refractivity contribution in [2.75, 3.05) is 13.1 Å². The summed E-state index contributed by atoms with van der Waals surface area (Å²) < 4.78 is 0. The van der Waals surface area contributed by atoms with Gasteiger partial charge < -0.3 is 10.6 Å². The molecule has 0 spiro atoms. The second-order valence-electron chi connectivity index (χ2n) is 6.00. The molecule has 1 aromatic heterocycles. The lowest BCUT2D eigenvalue weighted by molar-refractivity contribution is -0.126. The van der Waals surface area contributed by atoms with Gasteiger partial charge in [0.05, 0.1) is 16.9 Å². The standard InChI is InChI=1S/C17H23N3O2S/c1-12-7-8-15(23-12)17(22)20-11-14(16(21)19-10-9-18)13-5-3-2-4-6-13/h7-8,13-14H,2-6,10-11H2,1H3,(H,19,21)(H,20,22). The van der Waals surface area contributed by atoms with Gasteiger partial charge in [0.15, 0.2) is 0 Å². The van der Waals surface area contributed by atoms with Crippen molar-refractivity contribution in [3.63, 3.8) is 0 Å². The summed E-state index contributed by atoms with van der Waals surface area (Å²) in [5.41, 5.74) is 0. The highest BCUT2D eigenvalue weighted by atomic mass is 32.1. The first kappa shape index (κ1) is 17.5. The first-order chi connectivity index (χ1) is 11.1. The summed E-state index contributed by atoms with van der Waals surface area (Å²) in [7, 11) is 0. The minimum atomic E-state index is -0.256. The maximum atomic E-state index is 12.3. The summed E-state index contributed by atoms with van der Waals surface area (Å²) in [6.07, 6.45) is 5.50. The van der Waals surface area contributed by atoms with Crippen molar-refractivity contribution in [3.05, 3.63) is 21.9 Å². The van der Waals surface area contributed by atoms with Crippen LogP contribution in [0.25, 0.3) is 0 Å². The second-order valence-corrected chi connectivity index (χ2v) is 7.29. The van der Waals surface area contributed by atoms with E-state index < -0.39 is 0 Å². The minimum Gasteiger partial charge on any atom is -0.351 e. The average molecular weight is 333 g/mol.